The van der Waals surface area contributed by atoms with E-state index in [9.17, 15) is 19.5 Å². The van der Waals surface area contributed by atoms with E-state index in [0.29, 0.717) is 38.2 Å². The van der Waals surface area contributed by atoms with Gasteiger partial charge in [0, 0.05) is 63.0 Å². The number of carbonyl (C=O) groups is 3. The standard InChI is InChI=1S/C25H31N7O4/c1-16-4-5-19-20(32(16)25(35)36)6-7-21-24(19)28-22(9-13-30-11-3-10-26-30)31(21)15-23(34)29-12-8-18(14-29)27-17(2)33/h3,6-7,10-11,16,18H,4-5,8-9,12-15H2,1-2H3,(H,27,33)(H,35,36). The third kappa shape index (κ3) is 4.52. The molecule has 36 heavy (non-hydrogen) atoms. The van der Waals surface area contributed by atoms with Crippen LogP contribution in [0.2, 0.25) is 0 Å². The summed E-state index contributed by atoms with van der Waals surface area (Å²) in [5.74, 6) is 0.645. The number of aryl methyl sites for hydroxylation is 3. The van der Waals surface area contributed by atoms with Crippen LogP contribution in [-0.4, -0.2) is 72.4 Å². The summed E-state index contributed by atoms with van der Waals surface area (Å²) in [6.45, 7) is 5.24. The van der Waals surface area contributed by atoms with Crippen molar-refractivity contribution in [2.75, 3.05) is 18.0 Å². The van der Waals surface area contributed by atoms with Gasteiger partial charge in [-0.2, -0.15) is 5.10 Å². The van der Waals surface area contributed by atoms with Gasteiger partial charge in [-0.25, -0.2) is 9.78 Å². The van der Waals surface area contributed by atoms with Gasteiger partial charge in [0.15, 0.2) is 0 Å². The lowest BCUT2D eigenvalue weighted by Crippen LogP contribution is -2.41. The summed E-state index contributed by atoms with van der Waals surface area (Å²) in [6, 6.07) is 5.44. The van der Waals surface area contributed by atoms with Crippen molar-refractivity contribution in [2.24, 2.45) is 0 Å². The van der Waals surface area contributed by atoms with Crippen LogP contribution in [0.1, 0.15) is 38.1 Å². The van der Waals surface area contributed by atoms with Crippen molar-refractivity contribution in [3.63, 3.8) is 0 Å². The molecule has 0 spiro atoms. The number of nitrogens with one attached hydrogen (secondary N) is 1. The SMILES string of the molecule is CC(=O)NC1CCN(C(=O)Cn2c(CCn3cccn3)nc3c4c(ccc32)N(C(=O)O)C(C)CC4)C1. The highest BCUT2D eigenvalue weighted by atomic mass is 16.4. The fourth-order valence-corrected chi connectivity index (χ4v) is 5.41. The molecule has 2 atom stereocenters. The van der Waals surface area contributed by atoms with E-state index in [-0.39, 0.29) is 30.4 Å². The number of fused-ring (bicyclic) bond motifs is 3. The minimum Gasteiger partial charge on any atom is -0.465 e. The Morgan fingerprint density at radius 2 is 2.06 bits per heavy atom. The monoisotopic (exact) mass is 493 g/mol. The van der Waals surface area contributed by atoms with Crippen molar-refractivity contribution < 1.29 is 19.5 Å². The van der Waals surface area contributed by atoms with Gasteiger partial charge in [-0.15, -0.1) is 0 Å². The Balaban J connectivity index is 1.48. The average Bonchev–Trinajstić information content (AvgIpc) is 3.57. The maximum Gasteiger partial charge on any atom is 0.412 e. The lowest BCUT2D eigenvalue weighted by Gasteiger charge is -2.33. The number of benzene rings is 1. The van der Waals surface area contributed by atoms with Crippen molar-refractivity contribution in [3.05, 3.63) is 42.0 Å². The zero-order valence-corrected chi connectivity index (χ0v) is 20.6. The normalized spacial score (nSPS) is 19.5. The van der Waals surface area contributed by atoms with Gasteiger partial charge in [0.1, 0.15) is 12.4 Å². The number of nitrogens with zero attached hydrogens (tertiary/aromatic N) is 6. The highest BCUT2D eigenvalue weighted by molar-refractivity contribution is 5.95. The van der Waals surface area contributed by atoms with Crippen LogP contribution in [0.3, 0.4) is 0 Å². The zero-order valence-electron chi connectivity index (χ0n) is 20.6. The van der Waals surface area contributed by atoms with Crippen molar-refractivity contribution in [1.82, 2.24) is 29.5 Å². The first kappa shape index (κ1) is 23.8. The molecule has 4 heterocycles. The van der Waals surface area contributed by atoms with Crippen LogP contribution in [0.25, 0.3) is 11.0 Å². The van der Waals surface area contributed by atoms with Crippen LogP contribution in [0.5, 0.6) is 0 Å². The summed E-state index contributed by atoms with van der Waals surface area (Å²) in [4.78, 5) is 44.9. The van der Waals surface area contributed by atoms with E-state index in [2.05, 4.69) is 10.4 Å². The average molecular weight is 494 g/mol. The van der Waals surface area contributed by atoms with Gasteiger partial charge in [0.2, 0.25) is 11.8 Å². The number of rotatable bonds is 6. The number of amides is 3. The quantitative estimate of drug-likeness (QED) is 0.541. The van der Waals surface area contributed by atoms with Gasteiger partial charge >= 0.3 is 6.09 Å². The molecule has 0 radical (unpaired) electrons. The van der Waals surface area contributed by atoms with E-state index < -0.39 is 6.09 Å². The second kappa shape index (κ2) is 9.63. The van der Waals surface area contributed by atoms with Crippen LogP contribution in [0.4, 0.5) is 10.5 Å². The Morgan fingerprint density at radius 3 is 2.78 bits per heavy atom. The molecule has 11 nitrogen and oxygen atoms in total. The van der Waals surface area contributed by atoms with Crippen LogP contribution in [-0.2, 0) is 35.5 Å². The number of hydrogen-bond acceptors (Lipinski definition) is 5. The Bertz CT molecular complexity index is 1300. The van der Waals surface area contributed by atoms with Gasteiger partial charge in [0.25, 0.3) is 0 Å². The topological polar surface area (TPSA) is 126 Å². The highest BCUT2D eigenvalue weighted by Gasteiger charge is 2.32. The molecule has 0 aliphatic carbocycles. The summed E-state index contributed by atoms with van der Waals surface area (Å²) in [6.07, 6.45) is 5.39. The van der Waals surface area contributed by atoms with Crippen LogP contribution >= 0.6 is 0 Å². The second-order valence-electron chi connectivity index (χ2n) is 9.63. The molecule has 190 valence electrons. The molecule has 2 aliphatic heterocycles. The lowest BCUT2D eigenvalue weighted by atomic mass is 9.96. The van der Waals surface area contributed by atoms with E-state index in [1.165, 1.54) is 11.8 Å². The summed E-state index contributed by atoms with van der Waals surface area (Å²) in [5, 5.41) is 17.0. The molecule has 1 aromatic carbocycles. The Labute approximate surface area is 208 Å². The number of carboxylic acid groups (broad SMARTS) is 1. The van der Waals surface area contributed by atoms with E-state index in [4.69, 9.17) is 4.98 Å². The van der Waals surface area contributed by atoms with E-state index in [1.807, 2.05) is 40.6 Å². The molecule has 3 amide bonds. The second-order valence-corrected chi connectivity index (χ2v) is 9.63. The zero-order chi connectivity index (χ0) is 25.4. The van der Waals surface area contributed by atoms with Crippen LogP contribution in [0, 0.1) is 0 Å². The number of hydrogen-bond donors (Lipinski definition) is 2. The van der Waals surface area contributed by atoms with E-state index >= 15 is 0 Å². The molecule has 1 saturated heterocycles. The first-order valence-electron chi connectivity index (χ1n) is 12.4. The summed E-state index contributed by atoms with van der Waals surface area (Å²) in [5.41, 5.74) is 3.16. The molecular weight excluding hydrogens is 462 g/mol. The van der Waals surface area contributed by atoms with Crippen molar-refractivity contribution in [3.8, 4) is 0 Å². The molecule has 2 unspecified atom stereocenters. The molecule has 2 N–H and O–H groups in total. The molecule has 0 saturated carbocycles. The van der Waals surface area contributed by atoms with Crippen molar-refractivity contribution in [2.45, 2.75) is 64.7 Å². The van der Waals surface area contributed by atoms with Crippen molar-refractivity contribution in [1.29, 1.82) is 0 Å². The van der Waals surface area contributed by atoms with Gasteiger partial charge < -0.3 is 19.9 Å². The first-order valence-corrected chi connectivity index (χ1v) is 12.4. The number of aromatic nitrogens is 4. The van der Waals surface area contributed by atoms with Crippen molar-refractivity contribution >= 4 is 34.6 Å². The predicted octanol–water partition coefficient (Wildman–Crippen LogP) is 2.03. The predicted molar refractivity (Wildman–Crippen MR) is 133 cm³/mol. The maximum atomic E-state index is 13.3. The molecule has 1 fully saturated rings. The third-order valence-electron chi connectivity index (χ3n) is 7.16. The lowest BCUT2D eigenvalue weighted by molar-refractivity contribution is -0.131. The van der Waals surface area contributed by atoms with Gasteiger partial charge in [-0.05, 0) is 44.4 Å². The fraction of sp³-hybridized carbons (Fsp3) is 0.480. The minimum atomic E-state index is -0.973. The Hall–Kier alpha value is -3.89. The van der Waals surface area contributed by atoms with Crippen LogP contribution < -0.4 is 10.2 Å². The third-order valence-corrected chi connectivity index (χ3v) is 7.16. The minimum absolute atomic E-state index is 0.0266. The summed E-state index contributed by atoms with van der Waals surface area (Å²) >= 11 is 0. The van der Waals surface area contributed by atoms with Gasteiger partial charge in [-0.3, -0.25) is 19.2 Å². The number of carbonyl (C=O) groups excluding carboxylic acids is 2. The number of imidazole rings is 1. The molecule has 2 aliphatic rings. The summed E-state index contributed by atoms with van der Waals surface area (Å²) in [7, 11) is 0. The molecule has 11 heteroatoms. The molecule has 5 rings (SSSR count). The maximum absolute atomic E-state index is 13.3. The number of likely N-dealkylation sites (tertiary alicyclic amines) is 1. The molecule has 3 aromatic rings. The number of anilines is 1. The Morgan fingerprint density at radius 1 is 1.22 bits per heavy atom. The smallest absolute Gasteiger partial charge is 0.412 e. The first-order chi connectivity index (χ1) is 17.3. The highest BCUT2D eigenvalue weighted by Crippen LogP contribution is 2.36. The molecular formula is C25H31N7O4. The largest absolute Gasteiger partial charge is 0.465 e. The Kier molecular flexibility index (Phi) is 6.38. The fourth-order valence-electron chi connectivity index (χ4n) is 5.41. The summed E-state index contributed by atoms with van der Waals surface area (Å²) < 4.78 is 3.78. The van der Waals surface area contributed by atoms with E-state index in [1.54, 1.807) is 11.1 Å². The van der Waals surface area contributed by atoms with Gasteiger partial charge in [0.05, 0.1) is 16.7 Å². The van der Waals surface area contributed by atoms with E-state index in [0.717, 1.165) is 35.3 Å². The van der Waals surface area contributed by atoms with Crippen LogP contribution in [0.15, 0.2) is 30.6 Å². The molecule has 2 aromatic heterocycles. The molecule has 0 bridgehead atoms. The van der Waals surface area contributed by atoms with Gasteiger partial charge in [-0.1, -0.05) is 0 Å².